The van der Waals surface area contributed by atoms with Crippen LogP contribution in [-0.2, 0) is 11.3 Å². The van der Waals surface area contributed by atoms with Crippen molar-refractivity contribution in [2.24, 2.45) is 0 Å². The zero-order valence-corrected chi connectivity index (χ0v) is 12.2. The van der Waals surface area contributed by atoms with Crippen molar-refractivity contribution >= 4 is 0 Å². The molecule has 0 spiro atoms. The third kappa shape index (κ3) is 4.79. The molecule has 0 saturated carbocycles. The second kappa shape index (κ2) is 8.28. The van der Waals surface area contributed by atoms with Crippen LogP contribution in [0.15, 0.2) is 30.3 Å². The Balaban J connectivity index is 2.18. The third-order valence-electron chi connectivity index (χ3n) is 4.05. The molecule has 0 fully saturated rings. The zero-order valence-electron chi connectivity index (χ0n) is 12.2. The van der Waals surface area contributed by atoms with Gasteiger partial charge in [0.2, 0.25) is 0 Å². The molecule has 0 aliphatic heterocycles. The Bertz CT molecular complexity index is 298. The Morgan fingerprint density at radius 1 is 0.944 bits per heavy atom. The molecule has 0 aliphatic carbocycles. The molecule has 1 aromatic rings. The van der Waals surface area contributed by atoms with E-state index in [0.29, 0.717) is 0 Å². The minimum absolute atomic E-state index is 0.741. The van der Waals surface area contributed by atoms with Gasteiger partial charge in [-0.25, -0.2) is 0 Å². The van der Waals surface area contributed by atoms with Crippen LogP contribution in [0, 0.1) is 0 Å². The van der Waals surface area contributed by atoms with Gasteiger partial charge in [-0.15, -0.1) is 0 Å². The van der Waals surface area contributed by atoms with Gasteiger partial charge < -0.3 is 9.22 Å². The average Bonchev–Trinajstić information content (AvgIpc) is 2.45. The van der Waals surface area contributed by atoms with Crippen molar-refractivity contribution in [3.05, 3.63) is 35.9 Å². The van der Waals surface area contributed by atoms with Gasteiger partial charge in [0.25, 0.3) is 0 Å². The summed E-state index contributed by atoms with van der Waals surface area (Å²) in [5, 5.41) is 0. The van der Waals surface area contributed by atoms with Crippen LogP contribution in [0.2, 0.25) is 0 Å². The second-order valence-electron chi connectivity index (χ2n) is 4.91. The molecule has 102 valence electrons. The molecule has 0 aliphatic rings. The van der Waals surface area contributed by atoms with Crippen molar-refractivity contribution in [1.82, 2.24) is 0 Å². The normalized spacial score (nSPS) is 11.7. The minimum atomic E-state index is 0.741. The highest BCUT2D eigenvalue weighted by Gasteiger charge is 2.19. The van der Waals surface area contributed by atoms with Gasteiger partial charge in [0.15, 0.2) is 0 Å². The monoisotopic (exact) mass is 250 g/mol. The molecule has 2 heteroatoms. The van der Waals surface area contributed by atoms with E-state index in [0.717, 1.165) is 19.6 Å². The van der Waals surface area contributed by atoms with E-state index in [1.165, 1.54) is 36.2 Å². The molecule has 0 unspecified atom stereocenters. The number of nitrogens with zero attached hydrogens (tertiary/aromatic N) is 1. The predicted molar refractivity (Wildman–Crippen MR) is 77.5 cm³/mol. The van der Waals surface area contributed by atoms with Gasteiger partial charge in [0.05, 0.1) is 39.4 Å². The van der Waals surface area contributed by atoms with Gasteiger partial charge in [0.1, 0.15) is 0 Å². The van der Waals surface area contributed by atoms with Gasteiger partial charge in [-0.1, -0.05) is 30.3 Å². The Morgan fingerprint density at radius 3 is 2.11 bits per heavy atom. The Labute approximate surface area is 112 Å². The van der Waals surface area contributed by atoms with E-state index in [1.54, 1.807) is 0 Å². The van der Waals surface area contributed by atoms with Crippen molar-refractivity contribution in [2.45, 2.75) is 33.8 Å². The van der Waals surface area contributed by atoms with E-state index in [1.807, 2.05) is 6.07 Å². The summed E-state index contributed by atoms with van der Waals surface area (Å²) in [4.78, 5) is 0. The number of rotatable bonds is 9. The van der Waals surface area contributed by atoms with E-state index in [4.69, 9.17) is 4.74 Å². The first kappa shape index (κ1) is 15.2. The molecule has 0 amide bonds. The van der Waals surface area contributed by atoms with Crippen LogP contribution in [0.25, 0.3) is 0 Å². The molecule has 18 heavy (non-hydrogen) atoms. The molecule has 1 rings (SSSR count). The van der Waals surface area contributed by atoms with Crippen molar-refractivity contribution in [1.29, 1.82) is 0 Å². The van der Waals surface area contributed by atoms with Gasteiger partial charge in [-0.2, -0.15) is 0 Å². The summed E-state index contributed by atoms with van der Waals surface area (Å²) < 4.78 is 6.96. The van der Waals surface area contributed by atoms with Gasteiger partial charge >= 0.3 is 0 Å². The van der Waals surface area contributed by atoms with Crippen LogP contribution in [0.3, 0.4) is 0 Å². The maximum Gasteiger partial charge on any atom is 0.0808 e. The number of ether oxygens (including phenoxy) is 1. The van der Waals surface area contributed by atoms with E-state index in [-0.39, 0.29) is 0 Å². The second-order valence-corrected chi connectivity index (χ2v) is 4.91. The smallest absolute Gasteiger partial charge is 0.0808 e. The summed E-state index contributed by atoms with van der Waals surface area (Å²) >= 11 is 0. The largest absolute Gasteiger partial charge is 0.377 e. The van der Waals surface area contributed by atoms with Crippen molar-refractivity contribution in [2.75, 3.05) is 32.8 Å². The predicted octanol–water partition coefficient (Wildman–Crippen LogP) is 3.47. The summed E-state index contributed by atoms with van der Waals surface area (Å²) in [7, 11) is 0. The minimum Gasteiger partial charge on any atom is -0.377 e. The van der Waals surface area contributed by atoms with Crippen LogP contribution in [-0.4, -0.2) is 37.3 Å². The molecule has 2 nitrogen and oxygen atoms in total. The summed E-state index contributed by atoms with van der Waals surface area (Å²) in [6, 6.07) is 10.4. The fraction of sp³-hybridized carbons (Fsp3) is 0.625. The summed E-state index contributed by atoms with van der Waals surface area (Å²) in [6.45, 7) is 13.4. The molecule has 0 bridgehead atoms. The quantitative estimate of drug-likeness (QED) is 0.482. The lowest BCUT2D eigenvalue weighted by molar-refractivity contribution is -0.923. The van der Waals surface area contributed by atoms with E-state index >= 15 is 0 Å². The first-order valence-corrected chi connectivity index (χ1v) is 7.23. The van der Waals surface area contributed by atoms with Gasteiger partial charge in [-0.05, 0) is 26.3 Å². The molecular weight excluding hydrogens is 222 g/mol. The highest BCUT2D eigenvalue weighted by atomic mass is 16.5. The standard InChI is InChI=1S/C16H28NO/c1-4-17(5-2,6-3)13-10-14-18-15-16-11-8-7-9-12-16/h7-9,11-12H,4-6,10,13-15H2,1-3H3/q+1. The van der Waals surface area contributed by atoms with Gasteiger partial charge in [-0.3, -0.25) is 0 Å². The first-order valence-electron chi connectivity index (χ1n) is 7.23. The summed E-state index contributed by atoms with van der Waals surface area (Å²) in [6.07, 6.45) is 1.16. The topological polar surface area (TPSA) is 9.23 Å². The van der Waals surface area contributed by atoms with Crippen molar-refractivity contribution in [3.8, 4) is 0 Å². The Kier molecular flexibility index (Phi) is 6.99. The van der Waals surface area contributed by atoms with E-state index in [2.05, 4.69) is 45.0 Å². The molecular formula is C16H28NO+. The lowest BCUT2D eigenvalue weighted by Crippen LogP contribution is -2.48. The van der Waals surface area contributed by atoms with Crippen LogP contribution < -0.4 is 0 Å². The van der Waals surface area contributed by atoms with Crippen LogP contribution in [0.1, 0.15) is 32.8 Å². The molecule has 0 atom stereocenters. The summed E-state index contributed by atoms with van der Waals surface area (Å²) in [5.74, 6) is 0. The molecule has 0 radical (unpaired) electrons. The van der Waals surface area contributed by atoms with Crippen LogP contribution in [0.5, 0.6) is 0 Å². The molecule has 0 heterocycles. The maximum atomic E-state index is 5.74. The first-order chi connectivity index (χ1) is 8.76. The third-order valence-corrected chi connectivity index (χ3v) is 4.05. The van der Waals surface area contributed by atoms with Crippen LogP contribution in [0.4, 0.5) is 0 Å². The average molecular weight is 250 g/mol. The van der Waals surface area contributed by atoms with Crippen molar-refractivity contribution in [3.63, 3.8) is 0 Å². The van der Waals surface area contributed by atoms with E-state index in [9.17, 15) is 0 Å². The Hall–Kier alpha value is -0.860. The molecule has 1 aromatic carbocycles. The number of hydrogen-bond acceptors (Lipinski definition) is 1. The molecule has 0 N–H and O–H groups in total. The fourth-order valence-corrected chi connectivity index (χ4v) is 2.41. The fourth-order valence-electron chi connectivity index (χ4n) is 2.41. The van der Waals surface area contributed by atoms with E-state index < -0.39 is 0 Å². The highest BCUT2D eigenvalue weighted by Crippen LogP contribution is 2.08. The highest BCUT2D eigenvalue weighted by molar-refractivity contribution is 5.13. The maximum absolute atomic E-state index is 5.74. The lowest BCUT2D eigenvalue weighted by Gasteiger charge is -2.35. The number of hydrogen-bond donors (Lipinski definition) is 0. The zero-order chi connectivity index (χ0) is 13.3. The SMILES string of the molecule is CC[N+](CC)(CC)CCCOCc1ccccc1. The molecule has 0 aromatic heterocycles. The van der Waals surface area contributed by atoms with Crippen molar-refractivity contribution < 1.29 is 9.22 Å². The summed E-state index contributed by atoms with van der Waals surface area (Å²) in [5.41, 5.74) is 1.26. The number of benzene rings is 1. The van der Waals surface area contributed by atoms with Crippen LogP contribution >= 0.6 is 0 Å². The van der Waals surface area contributed by atoms with Gasteiger partial charge in [0, 0.05) is 6.42 Å². The lowest BCUT2D eigenvalue weighted by atomic mass is 10.2. The molecule has 0 saturated heterocycles. The Morgan fingerprint density at radius 2 is 1.56 bits per heavy atom. The number of quaternary nitrogens is 1.